The van der Waals surface area contributed by atoms with Gasteiger partial charge in [0.1, 0.15) is 0 Å². The second kappa shape index (κ2) is 6.53. The Morgan fingerprint density at radius 1 is 1.21 bits per heavy atom. The van der Waals surface area contributed by atoms with E-state index in [1.54, 1.807) is 16.9 Å². The van der Waals surface area contributed by atoms with E-state index in [1.807, 2.05) is 18.2 Å². The number of hydrogen-bond acceptors (Lipinski definition) is 4. The van der Waals surface area contributed by atoms with E-state index in [9.17, 15) is 4.79 Å². The van der Waals surface area contributed by atoms with Crippen LogP contribution in [-0.2, 0) is 0 Å². The summed E-state index contributed by atoms with van der Waals surface area (Å²) in [5, 5.41) is 11.8. The molecule has 24 heavy (non-hydrogen) atoms. The normalized spacial score (nSPS) is 23.9. The van der Waals surface area contributed by atoms with Crippen molar-refractivity contribution in [3.8, 4) is 5.69 Å². The third kappa shape index (κ3) is 2.91. The van der Waals surface area contributed by atoms with Crippen LogP contribution < -0.4 is 5.32 Å². The maximum atomic E-state index is 12.5. The molecule has 126 valence electrons. The van der Waals surface area contributed by atoms with Crippen LogP contribution in [0.15, 0.2) is 30.5 Å². The summed E-state index contributed by atoms with van der Waals surface area (Å²) >= 11 is 6.17. The van der Waals surface area contributed by atoms with Crippen LogP contribution in [0.5, 0.6) is 0 Å². The number of piperidine rings is 1. The summed E-state index contributed by atoms with van der Waals surface area (Å²) in [4.78, 5) is 15.0. The van der Waals surface area contributed by atoms with E-state index in [4.69, 9.17) is 11.6 Å². The van der Waals surface area contributed by atoms with E-state index in [1.165, 1.54) is 12.8 Å². The molecule has 2 saturated heterocycles. The van der Waals surface area contributed by atoms with Gasteiger partial charge in [-0.15, -0.1) is 5.10 Å². The van der Waals surface area contributed by atoms with Crippen molar-refractivity contribution in [3.63, 3.8) is 0 Å². The molecule has 0 saturated carbocycles. The number of benzene rings is 1. The van der Waals surface area contributed by atoms with Gasteiger partial charge in [0.25, 0.3) is 5.91 Å². The molecule has 0 bridgehead atoms. The van der Waals surface area contributed by atoms with Gasteiger partial charge >= 0.3 is 0 Å². The minimum Gasteiger partial charge on any atom is -0.346 e. The molecule has 2 aromatic rings. The molecule has 2 fully saturated rings. The molecule has 0 radical (unpaired) electrons. The molecule has 2 atom stereocenters. The zero-order valence-corrected chi connectivity index (χ0v) is 14.1. The van der Waals surface area contributed by atoms with Crippen LogP contribution in [0.3, 0.4) is 0 Å². The lowest BCUT2D eigenvalue weighted by atomic mass is 9.99. The smallest absolute Gasteiger partial charge is 0.273 e. The summed E-state index contributed by atoms with van der Waals surface area (Å²) in [5.41, 5.74) is 1.04. The average Bonchev–Trinajstić information content (AvgIpc) is 3.23. The number of aromatic nitrogens is 3. The van der Waals surface area contributed by atoms with Crippen molar-refractivity contribution in [1.29, 1.82) is 0 Å². The molecule has 2 aliphatic heterocycles. The Labute approximate surface area is 145 Å². The Hall–Kier alpha value is -1.92. The largest absolute Gasteiger partial charge is 0.346 e. The van der Waals surface area contributed by atoms with Crippen LogP contribution in [0.4, 0.5) is 0 Å². The topological polar surface area (TPSA) is 63.1 Å². The van der Waals surface area contributed by atoms with E-state index in [0.29, 0.717) is 22.4 Å². The molecule has 0 unspecified atom stereocenters. The van der Waals surface area contributed by atoms with Crippen LogP contribution >= 0.6 is 11.6 Å². The van der Waals surface area contributed by atoms with Crippen molar-refractivity contribution in [2.24, 2.45) is 0 Å². The first-order valence-corrected chi connectivity index (χ1v) is 8.82. The molecule has 1 N–H and O–H groups in total. The fourth-order valence-electron chi connectivity index (χ4n) is 3.78. The van der Waals surface area contributed by atoms with Gasteiger partial charge in [0, 0.05) is 18.6 Å². The lowest BCUT2D eigenvalue weighted by Crippen LogP contribution is -2.46. The third-order valence-electron chi connectivity index (χ3n) is 5.00. The summed E-state index contributed by atoms with van der Waals surface area (Å²) in [6.07, 6.45) is 6.32. The quantitative estimate of drug-likeness (QED) is 0.927. The van der Waals surface area contributed by atoms with Gasteiger partial charge < -0.3 is 5.32 Å². The molecule has 4 rings (SSSR count). The van der Waals surface area contributed by atoms with Crippen molar-refractivity contribution in [2.75, 3.05) is 13.1 Å². The number of carbonyl (C=O) groups excluding carboxylic acids is 1. The maximum absolute atomic E-state index is 12.5. The lowest BCUT2D eigenvalue weighted by molar-refractivity contribution is 0.0910. The van der Waals surface area contributed by atoms with Crippen LogP contribution in [-0.4, -0.2) is 51.0 Å². The molecule has 1 amide bonds. The first-order chi connectivity index (χ1) is 11.7. The Bertz CT molecular complexity index is 746. The Morgan fingerprint density at radius 2 is 2.08 bits per heavy atom. The molecular formula is C17H20ClN5O. The van der Waals surface area contributed by atoms with E-state index in [0.717, 1.165) is 25.9 Å². The second-order valence-electron chi connectivity index (χ2n) is 6.47. The highest BCUT2D eigenvalue weighted by atomic mass is 35.5. The Kier molecular flexibility index (Phi) is 4.24. The summed E-state index contributed by atoms with van der Waals surface area (Å²) < 4.78 is 1.54. The SMILES string of the molecule is O=C(N[C@H]1CCN2CCCC[C@H]12)c1cn(-c2ccccc2Cl)nn1. The van der Waals surface area contributed by atoms with Crippen molar-refractivity contribution >= 4 is 17.5 Å². The minimum absolute atomic E-state index is 0.161. The number of carbonyl (C=O) groups is 1. The summed E-state index contributed by atoms with van der Waals surface area (Å²) in [6, 6.07) is 8.04. The van der Waals surface area contributed by atoms with E-state index >= 15 is 0 Å². The highest BCUT2D eigenvalue weighted by Crippen LogP contribution is 2.27. The van der Waals surface area contributed by atoms with Crippen LogP contribution in [0.1, 0.15) is 36.2 Å². The molecular weight excluding hydrogens is 326 g/mol. The zero-order chi connectivity index (χ0) is 16.5. The van der Waals surface area contributed by atoms with Gasteiger partial charge in [0.15, 0.2) is 5.69 Å². The van der Waals surface area contributed by atoms with Crippen LogP contribution in [0.25, 0.3) is 5.69 Å². The number of nitrogens with zero attached hydrogens (tertiary/aromatic N) is 4. The maximum Gasteiger partial charge on any atom is 0.273 e. The van der Waals surface area contributed by atoms with Gasteiger partial charge in [-0.2, -0.15) is 0 Å². The monoisotopic (exact) mass is 345 g/mol. The number of hydrogen-bond donors (Lipinski definition) is 1. The molecule has 3 heterocycles. The number of rotatable bonds is 3. The molecule has 2 aliphatic rings. The predicted molar refractivity (Wildman–Crippen MR) is 91.5 cm³/mol. The molecule has 1 aromatic carbocycles. The molecule has 1 aromatic heterocycles. The van der Waals surface area contributed by atoms with Crippen LogP contribution in [0, 0.1) is 0 Å². The second-order valence-corrected chi connectivity index (χ2v) is 6.87. The van der Waals surface area contributed by atoms with E-state index in [-0.39, 0.29) is 11.9 Å². The van der Waals surface area contributed by atoms with Crippen molar-refractivity contribution in [1.82, 2.24) is 25.2 Å². The number of amides is 1. The summed E-state index contributed by atoms with van der Waals surface area (Å²) in [6.45, 7) is 2.22. The number of halogens is 1. The highest BCUT2D eigenvalue weighted by molar-refractivity contribution is 6.32. The fourth-order valence-corrected chi connectivity index (χ4v) is 4.00. The molecule has 7 heteroatoms. The molecule has 0 spiro atoms. The van der Waals surface area contributed by atoms with Gasteiger partial charge in [-0.25, -0.2) is 4.68 Å². The van der Waals surface area contributed by atoms with Gasteiger partial charge in [0.2, 0.25) is 0 Å². The third-order valence-corrected chi connectivity index (χ3v) is 5.32. The van der Waals surface area contributed by atoms with Gasteiger partial charge in [-0.1, -0.05) is 35.4 Å². The standard InChI is InChI=1S/C17H20ClN5O/c18-12-5-1-2-6-15(12)23-11-14(20-21-23)17(24)19-13-8-10-22-9-4-3-7-16(13)22/h1-2,5-6,11,13,16H,3-4,7-10H2,(H,19,24)/t13-,16+/m0/s1. The van der Waals surface area contributed by atoms with Crippen molar-refractivity contribution < 1.29 is 4.79 Å². The number of nitrogens with one attached hydrogen (secondary N) is 1. The van der Waals surface area contributed by atoms with E-state index in [2.05, 4.69) is 20.5 Å². The Balaban J connectivity index is 1.47. The van der Waals surface area contributed by atoms with Crippen molar-refractivity contribution in [2.45, 2.75) is 37.8 Å². The fraction of sp³-hybridized carbons (Fsp3) is 0.471. The lowest BCUT2D eigenvalue weighted by Gasteiger charge is -2.32. The number of fused-ring (bicyclic) bond motifs is 1. The van der Waals surface area contributed by atoms with Gasteiger partial charge in [-0.05, 0) is 37.9 Å². The number of para-hydroxylation sites is 1. The first-order valence-electron chi connectivity index (χ1n) is 8.44. The zero-order valence-electron chi connectivity index (χ0n) is 13.4. The van der Waals surface area contributed by atoms with Crippen LogP contribution in [0.2, 0.25) is 5.02 Å². The van der Waals surface area contributed by atoms with Gasteiger partial charge in [0.05, 0.1) is 16.9 Å². The minimum atomic E-state index is -0.161. The molecule has 0 aliphatic carbocycles. The first kappa shape index (κ1) is 15.6. The van der Waals surface area contributed by atoms with E-state index < -0.39 is 0 Å². The molecule has 6 nitrogen and oxygen atoms in total. The highest BCUT2D eigenvalue weighted by Gasteiger charge is 2.36. The predicted octanol–water partition coefficient (Wildman–Crippen LogP) is 2.28. The summed E-state index contributed by atoms with van der Waals surface area (Å²) in [7, 11) is 0. The summed E-state index contributed by atoms with van der Waals surface area (Å²) in [5.74, 6) is -0.161. The Morgan fingerprint density at radius 3 is 2.96 bits per heavy atom. The van der Waals surface area contributed by atoms with Crippen molar-refractivity contribution in [3.05, 3.63) is 41.2 Å². The van der Waals surface area contributed by atoms with Gasteiger partial charge in [-0.3, -0.25) is 9.69 Å². The average molecular weight is 346 g/mol.